The Balaban J connectivity index is 1.27. The smallest absolute Gasteiger partial charge is 0.0716 e. The van der Waals surface area contributed by atoms with Crippen molar-refractivity contribution in [2.24, 2.45) is 0 Å². The molecule has 2 aromatic heterocycles. The van der Waals surface area contributed by atoms with E-state index in [1.807, 2.05) is 48.5 Å². The summed E-state index contributed by atoms with van der Waals surface area (Å²) in [7, 11) is 0. The molecule has 54 heavy (non-hydrogen) atoms. The van der Waals surface area contributed by atoms with E-state index in [9.17, 15) is 0 Å². The summed E-state index contributed by atoms with van der Waals surface area (Å²) in [6, 6.07) is 59.3. The number of benzene rings is 8. The van der Waals surface area contributed by atoms with Gasteiger partial charge in [0.1, 0.15) is 0 Å². The molecule has 0 amide bonds. The molecule has 0 radical (unpaired) electrons. The van der Waals surface area contributed by atoms with Crippen molar-refractivity contribution in [3.8, 4) is 44.5 Å². The number of nitrogens with zero attached hydrogens (tertiary/aromatic N) is 2. The van der Waals surface area contributed by atoms with Gasteiger partial charge in [0.2, 0.25) is 0 Å². The van der Waals surface area contributed by atoms with Crippen molar-refractivity contribution >= 4 is 66.4 Å². The van der Waals surface area contributed by atoms with E-state index in [4.69, 9.17) is 22.9 Å². The van der Waals surface area contributed by atoms with Gasteiger partial charge in [-0.3, -0.25) is 0 Å². The molecular weight excluding hydrogens is 661 g/mol. The zero-order valence-electron chi connectivity index (χ0n) is 29.4. The first-order valence-electron chi connectivity index (χ1n) is 18.0. The molecule has 0 aliphatic rings. The van der Waals surface area contributed by atoms with Crippen molar-refractivity contribution < 1.29 is 0 Å². The lowest BCUT2D eigenvalue weighted by Gasteiger charge is -2.14. The molecule has 0 bridgehead atoms. The van der Waals surface area contributed by atoms with E-state index in [0.717, 1.165) is 111 Å². The third-order valence-corrected chi connectivity index (χ3v) is 10.7. The number of hydrogen-bond donors (Lipinski definition) is 4. The van der Waals surface area contributed by atoms with Gasteiger partial charge in [0, 0.05) is 44.3 Å². The van der Waals surface area contributed by atoms with E-state index < -0.39 is 0 Å². The van der Waals surface area contributed by atoms with Crippen LogP contribution in [0.15, 0.2) is 170 Å². The summed E-state index contributed by atoms with van der Waals surface area (Å²) in [4.78, 5) is 0. The number of aromatic nitrogens is 2. The molecule has 2 heterocycles. The number of hydrogen-bond acceptors (Lipinski definition) is 4. The topological polar surface area (TPSA) is 114 Å². The fourth-order valence-electron chi connectivity index (χ4n) is 7.86. The summed E-state index contributed by atoms with van der Waals surface area (Å²) in [5, 5.41) is 4.62. The summed E-state index contributed by atoms with van der Waals surface area (Å²) in [6.45, 7) is 0. The third kappa shape index (κ3) is 5.12. The van der Waals surface area contributed by atoms with Crippen LogP contribution in [0.25, 0.3) is 88.1 Å². The van der Waals surface area contributed by atoms with E-state index >= 15 is 0 Å². The molecule has 0 aliphatic carbocycles. The van der Waals surface area contributed by atoms with Gasteiger partial charge in [0.05, 0.1) is 22.1 Å². The van der Waals surface area contributed by atoms with Crippen LogP contribution in [-0.2, 0) is 0 Å². The molecule has 0 saturated carbocycles. The molecule has 0 fully saturated rings. The van der Waals surface area contributed by atoms with Crippen LogP contribution >= 0.6 is 0 Å². The first kappa shape index (κ1) is 31.3. The Labute approximate surface area is 312 Å². The number of nitrogens with two attached hydrogens (primary N) is 4. The minimum absolute atomic E-state index is 0.745. The minimum Gasteiger partial charge on any atom is -0.399 e. The van der Waals surface area contributed by atoms with Gasteiger partial charge in [-0.2, -0.15) is 0 Å². The molecule has 10 aromatic rings. The predicted molar refractivity (Wildman–Crippen MR) is 229 cm³/mol. The summed E-state index contributed by atoms with van der Waals surface area (Å²) >= 11 is 0. The van der Waals surface area contributed by atoms with Crippen molar-refractivity contribution in [1.82, 2.24) is 9.35 Å². The highest BCUT2D eigenvalue weighted by molar-refractivity contribution is 6.14. The lowest BCUT2D eigenvalue weighted by Crippen LogP contribution is -2.08. The Kier molecular flexibility index (Phi) is 7.00. The van der Waals surface area contributed by atoms with Crippen molar-refractivity contribution in [2.75, 3.05) is 22.9 Å². The second-order valence-corrected chi connectivity index (χ2v) is 14.0. The van der Waals surface area contributed by atoms with Gasteiger partial charge in [-0.15, -0.1) is 0 Å². The number of nitrogen functional groups attached to an aromatic ring is 4. The second kappa shape index (κ2) is 12.1. The maximum Gasteiger partial charge on any atom is 0.0716 e. The van der Waals surface area contributed by atoms with Gasteiger partial charge in [0.25, 0.3) is 0 Å². The number of fused-ring (bicyclic) bond motifs is 6. The van der Waals surface area contributed by atoms with Gasteiger partial charge in [-0.25, -0.2) is 9.35 Å². The van der Waals surface area contributed by atoms with Gasteiger partial charge >= 0.3 is 0 Å². The van der Waals surface area contributed by atoms with E-state index in [2.05, 4.69) is 131 Å². The molecular formula is C48H36N6. The van der Waals surface area contributed by atoms with Crippen LogP contribution < -0.4 is 22.9 Å². The molecule has 10 rings (SSSR count). The Morgan fingerprint density at radius 2 is 0.407 bits per heavy atom. The summed E-state index contributed by atoms with van der Waals surface area (Å²) < 4.78 is 4.75. The Bertz CT molecular complexity index is 2630. The standard InChI is InChI=1S/C48H36N6/c49-37-13-1-29(2-14-37)33-9-21-45-41(25-33)42-26-34(30-3-15-38(50)16-4-30)10-22-46(42)53(45)54-47-23-11-35(31-5-17-39(51)18-6-31)27-43(47)44-28-36(12-24-48(44)54)32-7-19-40(52)20-8-32/h1-28H,49-52H2. The lowest BCUT2D eigenvalue weighted by atomic mass is 10.00. The maximum atomic E-state index is 6.07. The highest BCUT2D eigenvalue weighted by atomic mass is 15.5. The van der Waals surface area contributed by atoms with Crippen LogP contribution in [0, 0.1) is 0 Å². The maximum absolute atomic E-state index is 6.07. The molecule has 0 unspecified atom stereocenters. The zero-order chi connectivity index (χ0) is 36.5. The van der Waals surface area contributed by atoms with Gasteiger partial charge in [-0.1, -0.05) is 72.8 Å². The molecule has 6 nitrogen and oxygen atoms in total. The van der Waals surface area contributed by atoms with Crippen LogP contribution in [0.1, 0.15) is 0 Å². The second-order valence-electron chi connectivity index (χ2n) is 14.0. The third-order valence-electron chi connectivity index (χ3n) is 10.7. The normalized spacial score (nSPS) is 11.6. The van der Waals surface area contributed by atoms with Crippen molar-refractivity contribution in [3.63, 3.8) is 0 Å². The molecule has 8 N–H and O–H groups in total. The van der Waals surface area contributed by atoms with Crippen molar-refractivity contribution in [3.05, 3.63) is 170 Å². The van der Waals surface area contributed by atoms with Crippen LogP contribution in [0.3, 0.4) is 0 Å². The van der Waals surface area contributed by atoms with Gasteiger partial charge in [0.15, 0.2) is 0 Å². The average molecular weight is 697 g/mol. The molecule has 0 saturated heterocycles. The summed E-state index contributed by atoms with van der Waals surface area (Å²) in [5.74, 6) is 0. The molecule has 0 atom stereocenters. The molecule has 6 heteroatoms. The van der Waals surface area contributed by atoms with Crippen LogP contribution in [0.2, 0.25) is 0 Å². The highest BCUT2D eigenvalue weighted by Gasteiger charge is 2.20. The largest absolute Gasteiger partial charge is 0.399 e. The quantitative estimate of drug-likeness (QED) is 0.134. The average Bonchev–Trinajstić information content (AvgIpc) is 3.69. The zero-order valence-corrected chi connectivity index (χ0v) is 29.4. The number of anilines is 4. The predicted octanol–water partition coefficient (Wildman–Crippen LogP) is 11.2. The summed E-state index contributed by atoms with van der Waals surface area (Å²) in [5.41, 5.74) is 40.6. The Morgan fingerprint density at radius 1 is 0.222 bits per heavy atom. The summed E-state index contributed by atoms with van der Waals surface area (Å²) in [6.07, 6.45) is 0. The minimum atomic E-state index is 0.745. The SMILES string of the molecule is Nc1ccc(-c2ccc3c(c2)c2cc(-c4ccc(N)cc4)ccc2n3-n2c3ccc(-c4ccc(N)cc4)cc3c3cc(-c4ccc(N)cc4)ccc32)cc1. The van der Waals surface area contributed by atoms with Gasteiger partial charge < -0.3 is 22.9 Å². The highest BCUT2D eigenvalue weighted by Crippen LogP contribution is 2.41. The number of rotatable bonds is 5. The van der Waals surface area contributed by atoms with Crippen LogP contribution in [0.4, 0.5) is 22.7 Å². The van der Waals surface area contributed by atoms with Gasteiger partial charge in [-0.05, 0) is 142 Å². The van der Waals surface area contributed by atoms with Crippen molar-refractivity contribution in [1.29, 1.82) is 0 Å². The fraction of sp³-hybridized carbons (Fsp3) is 0. The first-order valence-corrected chi connectivity index (χ1v) is 18.0. The Morgan fingerprint density at radius 3 is 0.611 bits per heavy atom. The Hall–Kier alpha value is -7.44. The lowest BCUT2D eigenvalue weighted by molar-refractivity contribution is 0.775. The van der Waals surface area contributed by atoms with E-state index in [1.54, 1.807) is 0 Å². The monoisotopic (exact) mass is 696 g/mol. The fourth-order valence-corrected chi connectivity index (χ4v) is 7.86. The van der Waals surface area contributed by atoms with Crippen molar-refractivity contribution in [2.45, 2.75) is 0 Å². The van der Waals surface area contributed by atoms with E-state index in [-0.39, 0.29) is 0 Å². The van der Waals surface area contributed by atoms with E-state index in [1.165, 1.54) is 0 Å². The van der Waals surface area contributed by atoms with E-state index in [0.29, 0.717) is 0 Å². The van der Waals surface area contributed by atoms with Crippen LogP contribution in [0.5, 0.6) is 0 Å². The molecule has 258 valence electrons. The molecule has 0 spiro atoms. The van der Waals surface area contributed by atoms with Crippen LogP contribution in [-0.4, -0.2) is 9.35 Å². The molecule has 0 aliphatic heterocycles. The first-order chi connectivity index (χ1) is 26.4. The molecule has 8 aromatic carbocycles.